The Bertz CT molecular complexity index is 354. The van der Waals surface area contributed by atoms with E-state index < -0.39 is 26.5 Å². The number of hydrogen-bond acceptors (Lipinski definition) is 0. The van der Waals surface area contributed by atoms with Gasteiger partial charge >= 0.3 is 101 Å². The molecule has 0 N–H and O–H groups in total. The van der Waals surface area contributed by atoms with Crippen molar-refractivity contribution < 1.29 is 0 Å². The Hall–Kier alpha value is 0.306. The number of aryl methyl sites for hydroxylation is 1. The Labute approximate surface area is 100 Å². The summed E-state index contributed by atoms with van der Waals surface area (Å²) in [5.74, 6) is 15.0. The van der Waals surface area contributed by atoms with Crippen LogP contribution < -0.4 is 8.79 Å². The van der Waals surface area contributed by atoms with Crippen molar-refractivity contribution >= 4 is 35.3 Å². The molecule has 0 aliphatic rings. The normalized spacial score (nSPS) is 13.0. The first-order valence-electron chi connectivity index (χ1n) is 5.74. The summed E-state index contributed by atoms with van der Waals surface area (Å²) in [6.07, 6.45) is 0. The van der Waals surface area contributed by atoms with E-state index in [4.69, 9.17) is 0 Å². The van der Waals surface area contributed by atoms with E-state index in [9.17, 15) is 0 Å². The van der Waals surface area contributed by atoms with Gasteiger partial charge in [0.2, 0.25) is 0 Å². The molecule has 0 radical (unpaired) electrons. The molecule has 1 aromatic rings. The predicted molar refractivity (Wildman–Crippen MR) is 77.1 cm³/mol. The van der Waals surface area contributed by atoms with Gasteiger partial charge in [0.1, 0.15) is 0 Å². The molecule has 1 rings (SSSR count). The van der Waals surface area contributed by atoms with Crippen LogP contribution in [0.2, 0.25) is 34.5 Å². The second kappa shape index (κ2) is 4.29. The molecule has 0 heterocycles. The van der Waals surface area contributed by atoms with Crippen molar-refractivity contribution in [2.45, 2.75) is 41.5 Å². The van der Waals surface area contributed by atoms with Crippen LogP contribution in [0.1, 0.15) is 5.56 Å². The van der Waals surface area contributed by atoms with Crippen LogP contribution >= 0.6 is 0 Å². The van der Waals surface area contributed by atoms with Crippen LogP contribution in [0.4, 0.5) is 0 Å². The van der Waals surface area contributed by atoms with Crippen molar-refractivity contribution in [1.29, 1.82) is 0 Å². The van der Waals surface area contributed by atoms with E-state index in [1.54, 1.807) is 8.79 Å². The fourth-order valence-electron chi connectivity index (χ4n) is 1.93. The monoisotopic (exact) mass is 328 g/mol. The fraction of sp³-hybridized carbons (Fsp3) is 0.538. The van der Waals surface area contributed by atoms with Crippen LogP contribution in [-0.2, 0) is 0 Å². The number of hydrogen-bond donors (Lipinski definition) is 0. The van der Waals surface area contributed by atoms with Gasteiger partial charge in [-0.15, -0.1) is 0 Å². The van der Waals surface area contributed by atoms with Crippen molar-refractivity contribution in [2.75, 3.05) is 0 Å². The van der Waals surface area contributed by atoms with Gasteiger partial charge in [-0.1, -0.05) is 0 Å². The molecule has 0 aromatic heterocycles. The topological polar surface area (TPSA) is 0 Å². The molecule has 84 valence electrons. The molecule has 0 saturated carbocycles. The molecule has 15 heavy (non-hydrogen) atoms. The first kappa shape index (κ1) is 13.4. The van der Waals surface area contributed by atoms with Gasteiger partial charge in [0, 0.05) is 0 Å². The molecule has 0 aliphatic carbocycles. The fourth-order valence-corrected chi connectivity index (χ4v) is 16.4. The quantitative estimate of drug-likeness (QED) is 0.733. The summed E-state index contributed by atoms with van der Waals surface area (Å²) in [6, 6.07) is 7.18. The van der Waals surface area contributed by atoms with Crippen molar-refractivity contribution in [3.63, 3.8) is 0 Å². The summed E-state index contributed by atoms with van der Waals surface area (Å²) in [5, 5.41) is 0. The molecular formula is C13H24Ge2. The van der Waals surface area contributed by atoms with Gasteiger partial charge < -0.3 is 0 Å². The third-order valence-electron chi connectivity index (χ3n) is 2.79. The first-order chi connectivity index (χ1) is 6.62. The SMILES string of the molecule is Cc1cc[c]([Ge]([CH3])([CH3])[CH3])[c]([Ge]([CH3])([CH3])[CH3])c1. The van der Waals surface area contributed by atoms with Gasteiger partial charge in [0.25, 0.3) is 0 Å². The zero-order valence-corrected chi connectivity index (χ0v) is 15.4. The molecule has 0 amide bonds. The van der Waals surface area contributed by atoms with E-state index in [2.05, 4.69) is 59.7 Å². The van der Waals surface area contributed by atoms with Crippen molar-refractivity contribution in [3.05, 3.63) is 23.8 Å². The second-order valence-corrected chi connectivity index (χ2v) is 27.7. The summed E-state index contributed by atoms with van der Waals surface area (Å²) >= 11 is -3.35. The maximum absolute atomic E-state index is 2.51. The van der Waals surface area contributed by atoms with Gasteiger partial charge in [0.05, 0.1) is 0 Å². The van der Waals surface area contributed by atoms with Crippen LogP contribution in [0, 0.1) is 6.92 Å². The molecule has 0 nitrogen and oxygen atoms in total. The third kappa shape index (κ3) is 3.38. The Morgan fingerprint density at radius 3 is 1.60 bits per heavy atom. The van der Waals surface area contributed by atoms with E-state index in [1.165, 1.54) is 5.56 Å². The van der Waals surface area contributed by atoms with E-state index in [0.29, 0.717) is 0 Å². The van der Waals surface area contributed by atoms with E-state index in [1.807, 2.05) is 0 Å². The summed E-state index contributed by atoms with van der Waals surface area (Å²) in [4.78, 5) is 0. The zero-order valence-electron chi connectivity index (χ0n) is 11.2. The molecule has 0 fully saturated rings. The molecule has 0 saturated heterocycles. The minimum atomic E-state index is -1.68. The summed E-state index contributed by atoms with van der Waals surface area (Å²) in [7, 11) is 0. The first-order valence-corrected chi connectivity index (χ1v) is 20.4. The van der Waals surface area contributed by atoms with Crippen LogP contribution in [-0.4, -0.2) is 26.5 Å². The van der Waals surface area contributed by atoms with E-state index in [0.717, 1.165) is 0 Å². The average molecular weight is 326 g/mol. The Kier molecular flexibility index (Phi) is 3.82. The predicted octanol–water partition coefficient (Wildman–Crippen LogP) is 3.09. The summed E-state index contributed by atoms with van der Waals surface area (Å²) in [5.41, 5.74) is 1.43. The zero-order chi connectivity index (χ0) is 11.9. The van der Waals surface area contributed by atoms with Crippen LogP contribution in [0.3, 0.4) is 0 Å². The average Bonchev–Trinajstić information content (AvgIpc) is 2.00. The molecule has 0 atom stereocenters. The van der Waals surface area contributed by atoms with Crippen molar-refractivity contribution in [1.82, 2.24) is 0 Å². The Morgan fingerprint density at radius 1 is 0.733 bits per heavy atom. The molecule has 2 heteroatoms. The van der Waals surface area contributed by atoms with Gasteiger partial charge in [-0.2, -0.15) is 0 Å². The maximum atomic E-state index is 2.51. The number of benzene rings is 1. The molecule has 0 spiro atoms. The van der Waals surface area contributed by atoms with Gasteiger partial charge in [-0.3, -0.25) is 0 Å². The second-order valence-electron chi connectivity index (χ2n) is 6.55. The van der Waals surface area contributed by atoms with Crippen LogP contribution in [0.5, 0.6) is 0 Å². The molecule has 0 unspecified atom stereocenters. The molecule has 1 aromatic carbocycles. The Morgan fingerprint density at radius 2 is 1.20 bits per heavy atom. The van der Waals surface area contributed by atoms with Gasteiger partial charge in [0.15, 0.2) is 0 Å². The van der Waals surface area contributed by atoms with Crippen molar-refractivity contribution in [3.8, 4) is 0 Å². The molecular weight excluding hydrogens is 301 g/mol. The summed E-state index contributed by atoms with van der Waals surface area (Å²) < 4.78 is 3.50. The third-order valence-corrected chi connectivity index (χ3v) is 12.5. The van der Waals surface area contributed by atoms with E-state index >= 15 is 0 Å². The molecule has 0 bridgehead atoms. The van der Waals surface area contributed by atoms with Crippen molar-refractivity contribution in [2.24, 2.45) is 0 Å². The van der Waals surface area contributed by atoms with Crippen LogP contribution in [0.15, 0.2) is 18.2 Å². The standard InChI is InChI=1S/C13H24Ge2/c1-11-8-9-12(14(2,3)4)13(10-11)15(5,6)7/h8-10H,1-7H3. The summed E-state index contributed by atoms with van der Waals surface area (Å²) in [6.45, 7) is 2.22. The Balaban J connectivity index is 3.41. The number of rotatable bonds is 2. The van der Waals surface area contributed by atoms with E-state index in [-0.39, 0.29) is 0 Å². The van der Waals surface area contributed by atoms with Crippen LogP contribution in [0.25, 0.3) is 0 Å². The minimum absolute atomic E-state index is 1.43. The van der Waals surface area contributed by atoms with Gasteiger partial charge in [-0.25, -0.2) is 0 Å². The van der Waals surface area contributed by atoms with Gasteiger partial charge in [-0.05, 0) is 0 Å². The molecule has 0 aliphatic heterocycles.